The summed E-state index contributed by atoms with van der Waals surface area (Å²) in [5, 5.41) is 0. The van der Waals surface area contributed by atoms with Crippen LogP contribution in [0.1, 0.15) is 194 Å². The standard InChI is InChI=1S/C35H70N2/c1-4-6-8-10-12-14-16-17-18-19-20-22-24-26-28-30-32-37-34-33-36(35(37)3)31-29-27-25-23-21-15-13-11-9-7-5-2/h33-35H,4-32H2,1-3H3. The van der Waals surface area contributed by atoms with Crippen LogP contribution in [0.2, 0.25) is 0 Å². The van der Waals surface area contributed by atoms with E-state index in [1.807, 2.05) is 0 Å². The van der Waals surface area contributed by atoms with Crippen molar-refractivity contribution >= 4 is 0 Å². The number of unbranched alkanes of at least 4 members (excludes halogenated alkanes) is 25. The van der Waals surface area contributed by atoms with Crippen molar-refractivity contribution in [3.05, 3.63) is 12.4 Å². The van der Waals surface area contributed by atoms with Gasteiger partial charge in [-0.3, -0.25) is 0 Å². The molecule has 0 radical (unpaired) electrons. The fraction of sp³-hybridized carbons (Fsp3) is 0.943. The molecule has 2 nitrogen and oxygen atoms in total. The van der Waals surface area contributed by atoms with E-state index in [0.29, 0.717) is 6.17 Å². The van der Waals surface area contributed by atoms with E-state index in [1.165, 1.54) is 186 Å². The van der Waals surface area contributed by atoms with Crippen molar-refractivity contribution in [2.45, 2.75) is 200 Å². The average molecular weight is 519 g/mol. The molecule has 0 amide bonds. The fourth-order valence-corrected chi connectivity index (χ4v) is 5.93. The van der Waals surface area contributed by atoms with Crippen molar-refractivity contribution in [3.63, 3.8) is 0 Å². The molecular weight excluding hydrogens is 448 g/mol. The maximum absolute atomic E-state index is 2.57. The molecule has 0 saturated heterocycles. The lowest BCUT2D eigenvalue weighted by Crippen LogP contribution is -2.36. The van der Waals surface area contributed by atoms with Crippen LogP contribution >= 0.6 is 0 Å². The van der Waals surface area contributed by atoms with Crippen LogP contribution in [-0.4, -0.2) is 29.1 Å². The van der Waals surface area contributed by atoms with E-state index in [4.69, 9.17) is 0 Å². The van der Waals surface area contributed by atoms with Gasteiger partial charge >= 0.3 is 0 Å². The van der Waals surface area contributed by atoms with Crippen molar-refractivity contribution in [1.29, 1.82) is 0 Å². The van der Waals surface area contributed by atoms with Crippen LogP contribution < -0.4 is 0 Å². The minimum Gasteiger partial charge on any atom is -0.356 e. The van der Waals surface area contributed by atoms with Crippen molar-refractivity contribution in [1.82, 2.24) is 9.80 Å². The number of nitrogens with zero attached hydrogens (tertiary/aromatic N) is 2. The second-order valence-corrected chi connectivity index (χ2v) is 12.2. The monoisotopic (exact) mass is 519 g/mol. The zero-order chi connectivity index (χ0) is 26.7. The van der Waals surface area contributed by atoms with Crippen LogP contribution in [0.5, 0.6) is 0 Å². The molecular formula is C35H70N2. The highest BCUT2D eigenvalue weighted by atomic mass is 15.4. The van der Waals surface area contributed by atoms with Gasteiger partial charge in [-0.25, -0.2) is 0 Å². The Morgan fingerprint density at radius 1 is 0.351 bits per heavy atom. The molecule has 0 bridgehead atoms. The third-order valence-corrected chi connectivity index (χ3v) is 8.70. The van der Waals surface area contributed by atoms with Crippen LogP contribution in [0, 0.1) is 0 Å². The molecule has 1 aliphatic rings. The molecule has 0 aromatic rings. The summed E-state index contributed by atoms with van der Waals surface area (Å²) in [5.41, 5.74) is 0. The third kappa shape index (κ3) is 20.9. The lowest BCUT2D eigenvalue weighted by Gasteiger charge is -2.30. The number of hydrogen-bond acceptors (Lipinski definition) is 2. The van der Waals surface area contributed by atoms with Crippen LogP contribution in [-0.2, 0) is 0 Å². The van der Waals surface area contributed by atoms with Crippen molar-refractivity contribution in [2.24, 2.45) is 0 Å². The SMILES string of the molecule is CCCCCCCCCCCCCCCCCCN1C=CN(CCCCCCCCCCCCC)C1C. The Bertz CT molecular complexity index is 474. The van der Waals surface area contributed by atoms with Crippen LogP contribution in [0.15, 0.2) is 12.4 Å². The second kappa shape index (κ2) is 26.9. The fourth-order valence-electron chi connectivity index (χ4n) is 5.93. The van der Waals surface area contributed by atoms with Crippen molar-refractivity contribution in [2.75, 3.05) is 13.1 Å². The number of hydrogen-bond donors (Lipinski definition) is 0. The van der Waals surface area contributed by atoms with E-state index in [-0.39, 0.29) is 0 Å². The maximum Gasteiger partial charge on any atom is 0.0977 e. The van der Waals surface area contributed by atoms with E-state index in [9.17, 15) is 0 Å². The highest BCUT2D eigenvalue weighted by Gasteiger charge is 2.20. The van der Waals surface area contributed by atoms with Crippen LogP contribution in [0.25, 0.3) is 0 Å². The van der Waals surface area contributed by atoms with E-state index in [2.05, 4.69) is 43.0 Å². The maximum atomic E-state index is 2.57. The summed E-state index contributed by atoms with van der Waals surface area (Å²) in [4.78, 5) is 5.14. The van der Waals surface area contributed by atoms with Crippen LogP contribution in [0.3, 0.4) is 0 Å². The Kier molecular flexibility index (Phi) is 25.0. The average Bonchev–Trinajstić information content (AvgIpc) is 3.25. The zero-order valence-electron chi connectivity index (χ0n) is 26.1. The molecule has 0 N–H and O–H groups in total. The molecule has 0 saturated carbocycles. The van der Waals surface area contributed by atoms with Crippen molar-refractivity contribution < 1.29 is 0 Å². The summed E-state index contributed by atoms with van der Waals surface area (Å²) >= 11 is 0. The third-order valence-electron chi connectivity index (χ3n) is 8.70. The van der Waals surface area contributed by atoms with Gasteiger partial charge in [-0.15, -0.1) is 0 Å². The lowest BCUT2D eigenvalue weighted by molar-refractivity contribution is 0.165. The minimum absolute atomic E-state index is 0.569. The summed E-state index contributed by atoms with van der Waals surface area (Å²) < 4.78 is 0. The second-order valence-electron chi connectivity index (χ2n) is 12.2. The van der Waals surface area contributed by atoms with Gasteiger partial charge in [0.25, 0.3) is 0 Å². The quantitative estimate of drug-likeness (QED) is 0.0908. The van der Waals surface area contributed by atoms with E-state index < -0.39 is 0 Å². The van der Waals surface area contributed by atoms with Gasteiger partial charge in [0.15, 0.2) is 0 Å². The van der Waals surface area contributed by atoms with Crippen molar-refractivity contribution in [3.8, 4) is 0 Å². The van der Waals surface area contributed by atoms with E-state index in [1.54, 1.807) is 0 Å². The molecule has 0 fully saturated rings. The summed E-state index contributed by atoms with van der Waals surface area (Å²) in [6.45, 7) is 9.48. The molecule has 0 spiro atoms. The highest BCUT2D eigenvalue weighted by Crippen LogP contribution is 2.19. The first-order valence-corrected chi connectivity index (χ1v) is 17.5. The van der Waals surface area contributed by atoms with E-state index in [0.717, 1.165) is 0 Å². The Morgan fingerprint density at radius 2 is 0.568 bits per heavy atom. The minimum atomic E-state index is 0.569. The Hall–Kier alpha value is -0.660. The summed E-state index contributed by atoms with van der Waals surface area (Å²) in [6.07, 6.45) is 44.2. The molecule has 1 atom stereocenters. The van der Waals surface area contributed by atoms with Gasteiger partial charge in [0.1, 0.15) is 0 Å². The molecule has 220 valence electrons. The first kappa shape index (κ1) is 34.4. The largest absolute Gasteiger partial charge is 0.356 e. The Balaban J connectivity index is 1.82. The molecule has 1 unspecified atom stereocenters. The van der Waals surface area contributed by atoms with Gasteiger partial charge in [-0.05, 0) is 19.8 Å². The van der Waals surface area contributed by atoms with Gasteiger partial charge in [0.05, 0.1) is 6.17 Å². The lowest BCUT2D eigenvalue weighted by atomic mass is 10.0. The molecule has 1 rings (SSSR count). The molecule has 1 heterocycles. The van der Waals surface area contributed by atoms with Gasteiger partial charge in [-0.1, -0.05) is 174 Å². The highest BCUT2D eigenvalue weighted by molar-refractivity contribution is 4.95. The first-order valence-electron chi connectivity index (χ1n) is 17.5. The van der Waals surface area contributed by atoms with Crippen LogP contribution in [0.4, 0.5) is 0 Å². The predicted octanol–water partition coefficient (Wildman–Crippen LogP) is 12.0. The number of rotatable bonds is 29. The molecule has 1 aliphatic heterocycles. The smallest absolute Gasteiger partial charge is 0.0977 e. The summed E-state index contributed by atoms with van der Waals surface area (Å²) in [6, 6.07) is 0. The molecule has 0 aromatic heterocycles. The molecule has 0 aromatic carbocycles. The predicted molar refractivity (Wildman–Crippen MR) is 168 cm³/mol. The first-order chi connectivity index (χ1) is 18.3. The Morgan fingerprint density at radius 3 is 0.811 bits per heavy atom. The molecule has 0 aliphatic carbocycles. The molecule has 37 heavy (non-hydrogen) atoms. The van der Waals surface area contributed by atoms with E-state index >= 15 is 0 Å². The molecule has 2 heteroatoms. The van der Waals surface area contributed by atoms with Gasteiger partial charge in [-0.2, -0.15) is 0 Å². The van der Waals surface area contributed by atoms with Gasteiger partial charge in [0, 0.05) is 25.5 Å². The Labute approximate surface area is 235 Å². The summed E-state index contributed by atoms with van der Waals surface area (Å²) in [7, 11) is 0. The van der Waals surface area contributed by atoms with Gasteiger partial charge in [0.2, 0.25) is 0 Å². The zero-order valence-corrected chi connectivity index (χ0v) is 26.1. The summed E-state index contributed by atoms with van der Waals surface area (Å²) in [5.74, 6) is 0. The van der Waals surface area contributed by atoms with Gasteiger partial charge < -0.3 is 9.80 Å². The normalized spacial score (nSPS) is 15.4. The topological polar surface area (TPSA) is 6.48 Å².